The molecule has 4 heteroatoms. The van der Waals surface area contributed by atoms with Crippen LogP contribution in [0.25, 0.3) is 0 Å². The summed E-state index contributed by atoms with van der Waals surface area (Å²) < 4.78 is 0. The Morgan fingerprint density at radius 2 is 1.79 bits per heavy atom. The van der Waals surface area contributed by atoms with Crippen LogP contribution in [0.3, 0.4) is 0 Å². The van der Waals surface area contributed by atoms with E-state index < -0.39 is 0 Å². The van der Waals surface area contributed by atoms with E-state index in [2.05, 4.69) is 29.3 Å². The van der Waals surface area contributed by atoms with Gasteiger partial charge in [-0.3, -0.25) is 9.69 Å². The van der Waals surface area contributed by atoms with Crippen molar-refractivity contribution in [3.63, 3.8) is 0 Å². The number of likely N-dealkylation sites (N-methyl/N-ethyl adjacent to an activating group) is 1. The van der Waals surface area contributed by atoms with Crippen molar-refractivity contribution in [1.29, 1.82) is 0 Å². The first-order valence-corrected chi connectivity index (χ1v) is 6.78. The lowest BCUT2D eigenvalue weighted by molar-refractivity contribution is -0.129. The lowest BCUT2D eigenvalue weighted by atomic mass is 9.89. The number of carbonyl (C=O) groups is 1. The van der Waals surface area contributed by atoms with E-state index in [1.165, 1.54) is 23.3 Å². The maximum Gasteiger partial charge on any atom is 0.238 e. The average Bonchev–Trinajstić information content (AvgIpc) is 3.21. The predicted octanol–water partition coefficient (Wildman–Crippen LogP) is 1.82. The number of carbonyl (C=O) groups excluding carboxylic acids is 1. The lowest BCUT2D eigenvalue weighted by Crippen LogP contribution is -2.48. The van der Waals surface area contributed by atoms with Crippen molar-refractivity contribution in [2.24, 2.45) is 10.7 Å². The van der Waals surface area contributed by atoms with Gasteiger partial charge >= 0.3 is 0 Å². The summed E-state index contributed by atoms with van der Waals surface area (Å²) in [7, 11) is 1.68. The number of rotatable bonds is 2. The van der Waals surface area contributed by atoms with Crippen molar-refractivity contribution in [1.82, 2.24) is 4.90 Å². The molecule has 3 rings (SSSR count). The molecule has 0 radical (unpaired) electrons. The van der Waals surface area contributed by atoms with E-state index in [1.54, 1.807) is 7.05 Å². The van der Waals surface area contributed by atoms with E-state index in [1.807, 2.05) is 6.92 Å². The molecule has 19 heavy (non-hydrogen) atoms. The van der Waals surface area contributed by atoms with E-state index in [4.69, 9.17) is 5.73 Å². The van der Waals surface area contributed by atoms with Crippen molar-refractivity contribution in [3.8, 4) is 0 Å². The normalized spacial score (nSPS) is 27.4. The molecule has 0 aromatic heterocycles. The maximum absolute atomic E-state index is 12.3. The van der Waals surface area contributed by atoms with Crippen molar-refractivity contribution in [2.45, 2.75) is 37.6 Å². The molecule has 0 saturated heterocycles. The Balaban J connectivity index is 1.90. The largest absolute Gasteiger partial charge is 0.369 e. The highest BCUT2D eigenvalue weighted by Crippen LogP contribution is 2.40. The Kier molecular flexibility index (Phi) is 2.81. The summed E-state index contributed by atoms with van der Waals surface area (Å²) in [6.07, 6.45) is 2.59. The third-order valence-corrected chi connectivity index (χ3v) is 4.10. The zero-order valence-corrected chi connectivity index (χ0v) is 11.3. The van der Waals surface area contributed by atoms with E-state index in [-0.39, 0.29) is 17.9 Å². The number of nitrogens with zero attached hydrogens (tertiary/aromatic N) is 2. The fourth-order valence-electron chi connectivity index (χ4n) is 2.71. The third kappa shape index (κ3) is 2.11. The topological polar surface area (TPSA) is 58.7 Å². The zero-order valence-electron chi connectivity index (χ0n) is 11.3. The van der Waals surface area contributed by atoms with Gasteiger partial charge in [-0.2, -0.15) is 0 Å². The van der Waals surface area contributed by atoms with Gasteiger partial charge in [-0.05, 0) is 36.8 Å². The Labute approximate surface area is 113 Å². The Hall–Kier alpha value is -1.84. The molecule has 1 fully saturated rings. The van der Waals surface area contributed by atoms with E-state index in [0.717, 1.165) is 11.5 Å². The number of nitrogens with two attached hydrogens (primary N) is 1. The van der Waals surface area contributed by atoms with Crippen LogP contribution in [-0.4, -0.2) is 29.9 Å². The first-order chi connectivity index (χ1) is 9.08. The molecule has 1 amide bonds. The van der Waals surface area contributed by atoms with Crippen molar-refractivity contribution < 1.29 is 4.79 Å². The number of hydrogen-bond acceptors (Lipinski definition) is 3. The quantitative estimate of drug-likeness (QED) is 0.878. The second-order valence-corrected chi connectivity index (χ2v) is 5.54. The molecule has 1 aliphatic heterocycles. The summed E-state index contributed by atoms with van der Waals surface area (Å²) >= 11 is 0. The maximum atomic E-state index is 12.3. The standard InChI is InChI=1S/C15H19N3O/c1-9-13(14(19)18(2)15(16)17-9)12-7-5-11(6-8-12)10-3-4-10/h5-10,13H,3-4H2,1-2H3,(H2,16,17)/t9-,13-/m0/s1. The first kappa shape index (κ1) is 12.2. The van der Waals surface area contributed by atoms with Crippen LogP contribution >= 0.6 is 0 Å². The number of benzene rings is 1. The summed E-state index contributed by atoms with van der Waals surface area (Å²) in [5.41, 5.74) is 8.14. The molecule has 0 unspecified atom stereocenters. The summed E-state index contributed by atoms with van der Waals surface area (Å²) in [6.45, 7) is 1.94. The fourth-order valence-corrected chi connectivity index (χ4v) is 2.71. The Morgan fingerprint density at radius 3 is 2.37 bits per heavy atom. The van der Waals surface area contributed by atoms with Crippen molar-refractivity contribution in [2.75, 3.05) is 7.05 Å². The fraction of sp³-hybridized carbons (Fsp3) is 0.467. The van der Waals surface area contributed by atoms with Crippen LogP contribution in [0.1, 0.15) is 42.7 Å². The minimum atomic E-state index is -0.217. The van der Waals surface area contributed by atoms with Crippen LogP contribution in [0.2, 0.25) is 0 Å². The molecule has 100 valence electrons. The zero-order chi connectivity index (χ0) is 13.6. The predicted molar refractivity (Wildman–Crippen MR) is 75.0 cm³/mol. The summed E-state index contributed by atoms with van der Waals surface area (Å²) in [5.74, 6) is 0.859. The van der Waals surface area contributed by atoms with Crippen LogP contribution < -0.4 is 5.73 Å². The molecule has 1 saturated carbocycles. The Bertz CT molecular complexity index is 531. The molecule has 0 spiro atoms. The van der Waals surface area contributed by atoms with Gasteiger partial charge in [0.2, 0.25) is 5.91 Å². The summed E-state index contributed by atoms with van der Waals surface area (Å²) in [4.78, 5) is 18.1. The van der Waals surface area contributed by atoms with E-state index in [0.29, 0.717) is 5.96 Å². The van der Waals surface area contributed by atoms with Gasteiger partial charge in [0.25, 0.3) is 0 Å². The van der Waals surface area contributed by atoms with Crippen LogP contribution in [-0.2, 0) is 4.79 Å². The molecule has 1 aromatic carbocycles. The van der Waals surface area contributed by atoms with Gasteiger partial charge in [-0.25, -0.2) is 4.99 Å². The number of amides is 1. The molecule has 1 aliphatic carbocycles. The minimum absolute atomic E-state index is 0.0270. The van der Waals surface area contributed by atoms with Crippen LogP contribution in [0.5, 0.6) is 0 Å². The Morgan fingerprint density at radius 1 is 1.21 bits per heavy atom. The summed E-state index contributed by atoms with van der Waals surface area (Å²) in [5, 5.41) is 0. The minimum Gasteiger partial charge on any atom is -0.369 e. The van der Waals surface area contributed by atoms with E-state index in [9.17, 15) is 4.79 Å². The molecule has 2 N–H and O–H groups in total. The van der Waals surface area contributed by atoms with E-state index >= 15 is 0 Å². The van der Waals surface area contributed by atoms with Gasteiger partial charge in [0.1, 0.15) is 0 Å². The molecular weight excluding hydrogens is 238 g/mol. The van der Waals surface area contributed by atoms with Crippen molar-refractivity contribution >= 4 is 11.9 Å². The second kappa shape index (κ2) is 4.37. The number of aliphatic imine (C=N–C) groups is 1. The van der Waals surface area contributed by atoms with Gasteiger partial charge in [0.05, 0.1) is 12.0 Å². The average molecular weight is 257 g/mol. The molecule has 0 bridgehead atoms. The molecule has 4 nitrogen and oxygen atoms in total. The highest BCUT2D eigenvalue weighted by Gasteiger charge is 2.35. The van der Waals surface area contributed by atoms with Crippen LogP contribution in [0.15, 0.2) is 29.3 Å². The smallest absolute Gasteiger partial charge is 0.238 e. The van der Waals surface area contributed by atoms with Crippen molar-refractivity contribution in [3.05, 3.63) is 35.4 Å². The molecule has 1 heterocycles. The highest BCUT2D eigenvalue weighted by molar-refractivity contribution is 6.01. The SMILES string of the molecule is C[C@@H]1N=C(N)N(C)C(=O)[C@@H]1c1ccc(C2CC2)cc1. The van der Waals surface area contributed by atoms with Gasteiger partial charge in [-0.1, -0.05) is 24.3 Å². The summed E-state index contributed by atoms with van der Waals surface area (Å²) in [6, 6.07) is 8.33. The monoisotopic (exact) mass is 257 g/mol. The first-order valence-electron chi connectivity index (χ1n) is 6.78. The molecule has 1 aromatic rings. The lowest BCUT2D eigenvalue weighted by Gasteiger charge is -2.31. The van der Waals surface area contributed by atoms with Gasteiger partial charge in [0.15, 0.2) is 5.96 Å². The molecule has 2 atom stereocenters. The third-order valence-electron chi connectivity index (χ3n) is 4.10. The van der Waals surface area contributed by atoms with Crippen LogP contribution in [0.4, 0.5) is 0 Å². The van der Waals surface area contributed by atoms with Crippen LogP contribution in [0, 0.1) is 0 Å². The van der Waals surface area contributed by atoms with Gasteiger partial charge in [0, 0.05) is 7.05 Å². The molecular formula is C15H19N3O. The highest BCUT2D eigenvalue weighted by atomic mass is 16.2. The number of guanidine groups is 1. The molecule has 2 aliphatic rings. The van der Waals surface area contributed by atoms with Gasteiger partial charge < -0.3 is 5.73 Å². The second-order valence-electron chi connectivity index (χ2n) is 5.54. The van der Waals surface area contributed by atoms with Gasteiger partial charge in [-0.15, -0.1) is 0 Å². The number of hydrogen-bond donors (Lipinski definition) is 1.